The fraction of sp³-hybridized carbons (Fsp3) is 0.194. The number of fused-ring (bicyclic) bond motifs is 9. The van der Waals surface area contributed by atoms with E-state index >= 15 is 0 Å². The lowest BCUT2D eigenvalue weighted by Crippen LogP contribution is -2.40. The maximum absolute atomic E-state index is 7.16. The second-order valence-corrected chi connectivity index (χ2v) is 22.3. The van der Waals surface area contributed by atoms with Crippen LogP contribution in [0.4, 0.5) is 27.8 Å². The van der Waals surface area contributed by atoms with Crippen LogP contribution in [0.3, 0.4) is 0 Å². The number of benzene rings is 8. The molecule has 0 saturated carbocycles. The number of para-hydroxylation sites is 1. The minimum absolute atomic E-state index is 0.0407. The van der Waals surface area contributed by atoms with E-state index in [1.165, 1.54) is 83.4 Å². The summed E-state index contributed by atoms with van der Waals surface area (Å²) in [7, 11) is 0.755. The summed E-state index contributed by atoms with van der Waals surface area (Å²) in [6.07, 6.45) is 2.35. The third-order valence-electron chi connectivity index (χ3n) is 14.9. The number of nitrogens with one attached hydrogen (secondary N) is 1. The van der Waals surface area contributed by atoms with E-state index in [2.05, 4.69) is 229 Å². The van der Waals surface area contributed by atoms with Crippen molar-refractivity contribution >= 4 is 89.3 Å². The Morgan fingerprint density at radius 3 is 2.01 bits per heavy atom. The van der Waals surface area contributed by atoms with Crippen molar-refractivity contribution in [3.8, 4) is 33.4 Å². The second-order valence-electron chi connectivity index (χ2n) is 21.2. The minimum atomic E-state index is -0.0407. The van der Waals surface area contributed by atoms with Gasteiger partial charge in [-0.15, -0.1) is 11.3 Å². The Morgan fingerprint density at radius 1 is 0.567 bits per heavy atom. The highest BCUT2D eigenvalue weighted by Crippen LogP contribution is 2.52. The molecule has 10 aromatic rings. The lowest BCUT2D eigenvalue weighted by Gasteiger charge is -2.42. The van der Waals surface area contributed by atoms with Gasteiger partial charge in [-0.2, -0.15) is 0 Å². The Morgan fingerprint density at radius 2 is 1.25 bits per heavy atom. The minimum Gasteiger partial charge on any atom is -0.454 e. The Kier molecular flexibility index (Phi) is 9.54. The molecule has 1 N–H and O–H groups in total. The average molecular weight is 887 g/mol. The first-order valence-corrected chi connectivity index (χ1v) is 24.7. The molecule has 1 aliphatic carbocycles. The predicted octanol–water partition coefficient (Wildman–Crippen LogP) is 16.4. The van der Waals surface area contributed by atoms with Crippen molar-refractivity contribution in [2.45, 2.75) is 77.6 Å². The number of rotatable bonds is 6. The van der Waals surface area contributed by atoms with Crippen LogP contribution in [0.2, 0.25) is 0 Å². The monoisotopic (exact) mass is 886 g/mol. The zero-order chi connectivity index (χ0) is 45.8. The molecule has 12 rings (SSSR count). The first kappa shape index (κ1) is 41.6. The highest BCUT2D eigenvalue weighted by atomic mass is 32.1. The van der Waals surface area contributed by atoms with Crippen molar-refractivity contribution < 1.29 is 4.42 Å². The maximum Gasteiger partial charge on any atom is 0.200 e. The van der Waals surface area contributed by atoms with Gasteiger partial charge in [0.25, 0.3) is 0 Å². The van der Waals surface area contributed by atoms with Gasteiger partial charge >= 0.3 is 0 Å². The molecule has 3 heterocycles. The number of thiophene rings is 1. The summed E-state index contributed by atoms with van der Waals surface area (Å²) >= 11 is 1.88. The fourth-order valence-electron chi connectivity index (χ4n) is 11.0. The Hall–Kier alpha value is -6.82. The standard InChI is InChI=1S/C62H55BN2OS/c1-60(2,3)41-27-31-52(45(35-41)39-20-12-9-13-21-39)65-57-55(63-56-44-23-15-17-25-54(44)67-59(56)65)47(37-48-43-22-14-16-24-53(43)66-58(48)57)46-34-40(38-18-10-8-11-19-38)26-30-51(46)64-42-28-29-49-50(36-42)62(6,7)33-32-61(49,4)5/h8-31,34-37,63-64H,32-33H2,1-7H3. The molecular formula is C62H55BN2OS. The van der Waals surface area contributed by atoms with E-state index in [1.807, 2.05) is 11.3 Å². The van der Waals surface area contributed by atoms with Gasteiger partial charge in [0.15, 0.2) is 5.58 Å². The largest absolute Gasteiger partial charge is 0.454 e. The lowest BCUT2D eigenvalue weighted by atomic mass is 9.58. The summed E-state index contributed by atoms with van der Waals surface area (Å²) in [6.45, 7) is 16.6. The third kappa shape index (κ3) is 6.92. The first-order valence-electron chi connectivity index (χ1n) is 23.9. The summed E-state index contributed by atoms with van der Waals surface area (Å²) in [6, 6.07) is 63.0. The van der Waals surface area contributed by atoms with Crippen molar-refractivity contribution in [3.63, 3.8) is 0 Å². The Bertz CT molecular complexity index is 3570. The van der Waals surface area contributed by atoms with Crippen LogP contribution >= 0.6 is 11.3 Å². The molecular weight excluding hydrogens is 832 g/mol. The number of hydrogen-bond donors (Lipinski definition) is 1. The topological polar surface area (TPSA) is 28.4 Å². The molecule has 5 heteroatoms. The highest BCUT2D eigenvalue weighted by Gasteiger charge is 2.38. The normalized spacial score (nSPS) is 15.0. The number of furan rings is 1. The smallest absolute Gasteiger partial charge is 0.200 e. The summed E-state index contributed by atoms with van der Waals surface area (Å²) in [5.41, 5.74) is 20.4. The van der Waals surface area contributed by atoms with Crippen molar-refractivity contribution in [2.75, 3.05) is 10.2 Å². The van der Waals surface area contributed by atoms with Gasteiger partial charge in [0.1, 0.15) is 5.58 Å². The summed E-state index contributed by atoms with van der Waals surface area (Å²) in [4.78, 5) is 2.57. The third-order valence-corrected chi connectivity index (χ3v) is 16.1. The van der Waals surface area contributed by atoms with Gasteiger partial charge in [0, 0.05) is 38.0 Å². The van der Waals surface area contributed by atoms with E-state index in [0.29, 0.717) is 0 Å². The van der Waals surface area contributed by atoms with Gasteiger partial charge in [-0.3, -0.25) is 4.90 Å². The van der Waals surface area contributed by atoms with Crippen LogP contribution in [0, 0.1) is 0 Å². The van der Waals surface area contributed by atoms with E-state index < -0.39 is 0 Å². The molecule has 0 atom stereocenters. The molecule has 0 radical (unpaired) electrons. The number of nitrogens with zero attached hydrogens (tertiary/aromatic N) is 1. The van der Waals surface area contributed by atoms with Gasteiger partial charge in [0.2, 0.25) is 7.28 Å². The maximum atomic E-state index is 7.16. The van der Waals surface area contributed by atoms with Gasteiger partial charge in [-0.05, 0) is 139 Å². The average Bonchev–Trinajstić information content (AvgIpc) is 3.91. The zero-order valence-corrected chi connectivity index (χ0v) is 40.4. The second kappa shape index (κ2) is 15.4. The number of anilines is 5. The van der Waals surface area contributed by atoms with E-state index in [9.17, 15) is 0 Å². The molecule has 0 unspecified atom stereocenters. The van der Waals surface area contributed by atoms with Crippen LogP contribution < -0.4 is 21.1 Å². The van der Waals surface area contributed by atoms with Crippen LogP contribution in [-0.4, -0.2) is 7.28 Å². The molecule has 328 valence electrons. The molecule has 0 amide bonds. The summed E-state index contributed by atoms with van der Waals surface area (Å²) < 4.78 is 8.45. The molecule has 2 aliphatic rings. The first-order chi connectivity index (χ1) is 32.3. The Labute approximate surface area is 399 Å². The molecule has 0 fully saturated rings. The van der Waals surface area contributed by atoms with Gasteiger partial charge in [-0.25, -0.2) is 0 Å². The molecule has 2 aromatic heterocycles. The van der Waals surface area contributed by atoms with E-state index in [4.69, 9.17) is 4.42 Å². The number of hydrogen-bond acceptors (Lipinski definition) is 4. The van der Waals surface area contributed by atoms with Crippen LogP contribution in [-0.2, 0) is 16.2 Å². The van der Waals surface area contributed by atoms with Gasteiger partial charge < -0.3 is 9.73 Å². The fourth-order valence-corrected chi connectivity index (χ4v) is 12.3. The van der Waals surface area contributed by atoms with Crippen LogP contribution in [0.15, 0.2) is 174 Å². The van der Waals surface area contributed by atoms with Crippen molar-refractivity contribution in [1.29, 1.82) is 0 Å². The van der Waals surface area contributed by atoms with E-state index in [-0.39, 0.29) is 16.2 Å². The molecule has 3 nitrogen and oxygen atoms in total. The van der Waals surface area contributed by atoms with Crippen LogP contribution in [0.5, 0.6) is 0 Å². The summed E-state index contributed by atoms with van der Waals surface area (Å²) in [5, 5.41) is 8.82. The molecule has 0 spiro atoms. The SMILES string of the molecule is CC(C)(C)c1ccc(N2c3sc4ccccc4c3Bc3c(-c4cc(-c5ccccc5)ccc4Nc4ccc5c(c4)C(C)(C)CCC5(C)C)cc4c(oc5ccccc54)c32)c(-c2ccccc2)c1. The quantitative estimate of drug-likeness (QED) is 0.169. The Balaban J connectivity index is 1.17. The van der Waals surface area contributed by atoms with Gasteiger partial charge in [-0.1, -0.05) is 164 Å². The molecule has 8 aromatic carbocycles. The molecule has 67 heavy (non-hydrogen) atoms. The van der Waals surface area contributed by atoms with Gasteiger partial charge in [0.05, 0.1) is 16.4 Å². The predicted molar refractivity (Wildman–Crippen MR) is 290 cm³/mol. The molecule has 0 bridgehead atoms. The zero-order valence-electron chi connectivity index (χ0n) is 39.6. The van der Waals surface area contributed by atoms with E-state index in [1.54, 1.807) is 0 Å². The molecule has 1 aliphatic heterocycles. The highest BCUT2D eigenvalue weighted by molar-refractivity contribution is 7.25. The van der Waals surface area contributed by atoms with Crippen LogP contribution in [0.1, 0.15) is 78.0 Å². The summed E-state index contributed by atoms with van der Waals surface area (Å²) in [5.74, 6) is 0. The van der Waals surface area contributed by atoms with Crippen LogP contribution in [0.25, 0.3) is 65.4 Å². The van der Waals surface area contributed by atoms with Crippen molar-refractivity contribution in [2.24, 2.45) is 0 Å². The van der Waals surface area contributed by atoms with E-state index in [0.717, 1.165) is 57.5 Å². The van der Waals surface area contributed by atoms with Crippen molar-refractivity contribution in [1.82, 2.24) is 0 Å². The lowest BCUT2D eigenvalue weighted by molar-refractivity contribution is 0.332. The molecule has 0 saturated heterocycles. The van der Waals surface area contributed by atoms with Crippen molar-refractivity contribution in [3.05, 3.63) is 187 Å².